The van der Waals surface area contributed by atoms with Gasteiger partial charge in [0.15, 0.2) is 0 Å². The first kappa shape index (κ1) is 16.0. The first-order valence-electron chi connectivity index (χ1n) is 6.73. The number of halogens is 1. The van der Waals surface area contributed by atoms with Gasteiger partial charge in [0, 0.05) is 26.2 Å². The molecule has 1 fully saturated rings. The van der Waals surface area contributed by atoms with Gasteiger partial charge in [-0.25, -0.2) is 4.98 Å². The van der Waals surface area contributed by atoms with E-state index >= 15 is 0 Å². The highest BCUT2D eigenvalue weighted by Crippen LogP contribution is 2.26. The van der Waals surface area contributed by atoms with Crippen LogP contribution >= 0.6 is 23.7 Å². The largest absolute Gasteiger partial charge is 0.440 e. The molecule has 2 aromatic rings. The highest BCUT2D eigenvalue weighted by Gasteiger charge is 2.20. The molecule has 0 atom stereocenters. The Labute approximate surface area is 133 Å². The molecular formula is C14H18ClN3O2S. The Morgan fingerprint density at radius 3 is 2.90 bits per heavy atom. The molecule has 114 valence electrons. The Hall–Kier alpha value is -1.37. The minimum atomic E-state index is 0. The van der Waals surface area contributed by atoms with E-state index in [0.717, 1.165) is 42.5 Å². The van der Waals surface area contributed by atoms with Crippen LogP contribution in [0.25, 0.3) is 10.8 Å². The maximum absolute atomic E-state index is 12.2. The Kier molecular flexibility index (Phi) is 5.39. The number of aryl methyl sites for hydroxylation is 1. The first-order chi connectivity index (χ1) is 9.74. The van der Waals surface area contributed by atoms with Crippen LogP contribution < -0.4 is 5.32 Å². The third kappa shape index (κ3) is 3.64. The lowest BCUT2D eigenvalue weighted by atomic mass is 10.2. The van der Waals surface area contributed by atoms with E-state index in [1.807, 2.05) is 29.3 Å². The number of nitrogens with one attached hydrogen (secondary N) is 1. The average Bonchev–Trinajstić information content (AvgIpc) is 3.10. The zero-order valence-electron chi connectivity index (χ0n) is 11.8. The molecule has 0 saturated carbocycles. The van der Waals surface area contributed by atoms with Crippen molar-refractivity contribution < 1.29 is 9.21 Å². The summed E-state index contributed by atoms with van der Waals surface area (Å²) in [5.74, 6) is 1.47. The molecule has 0 spiro atoms. The van der Waals surface area contributed by atoms with Crippen molar-refractivity contribution in [1.82, 2.24) is 15.2 Å². The molecule has 21 heavy (non-hydrogen) atoms. The van der Waals surface area contributed by atoms with Crippen molar-refractivity contribution in [1.29, 1.82) is 0 Å². The van der Waals surface area contributed by atoms with Gasteiger partial charge >= 0.3 is 0 Å². The van der Waals surface area contributed by atoms with Gasteiger partial charge in [0.2, 0.25) is 11.8 Å². The summed E-state index contributed by atoms with van der Waals surface area (Å²) in [6.45, 7) is 5.14. The molecule has 0 aliphatic carbocycles. The van der Waals surface area contributed by atoms with Crippen LogP contribution in [0, 0.1) is 6.92 Å². The predicted molar refractivity (Wildman–Crippen MR) is 85.0 cm³/mol. The first-order valence-corrected chi connectivity index (χ1v) is 7.60. The molecule has 1 aliphatic heterocycles. The van der Waals surface area contributed by atoms with E-state index < -0.39 is 0 Å². The van der Waals surface area contributed by atoms with Crippen molar-refractivity contribution in [3.05, 3.63) is 29.0 Å². The van der Waals surface area contributed by atoms with E-state index in [1.165, 1.54) is 0 Å². The Balaban J connectivity index is 0.00000161. The Morgan fingerprint density at radius 1 is 1.48 bits per heavy atom. The van der Waals surface area contributed by atoms with Crippen LogP contribution in [-0.4, -0.2) is 42.0 Å². The molecule has 2 aromatic heterocycles. The molecule has 7 heteroatoms. The Morgan fingerprint density at radius 2 is 2.24 bits per heavy atom. The fourth-order valence-electron chi connectivity index (χ4n) is 2.27. The fraction of sp³-hybridized carbons (Fsp3) is 0.429. The number of piperazine rings is 1. The van der Waals surface area contributed by atoms with Crippen molar-refractivity contribution in [2.45, 2.75) is 13.3 Å². The minimum Gasteiger partial charge on any atom is -0.440 e. The van der Waals surface area contributed by atoms with Crippen molar-refractivity contribution in [3.63, 3.8) is 0 Å². The van der Waals surface area contributed by atoms with Gasteiger partial charge in [0.1, 0.15) is 5.76 Å². The molecule has 0 unspecified atom stereocenters. The summed E-state index contributed by atoms with van der Waals surface area (Å²) in [5, 5.41) is 5.23. The van der Waals surface area contributed by atoms with Gasteiger partial charge in [-0.1, -0.05) is 6.07 Å². The molecule has 0 aromatic carbocycles. The highest BCUT2D eigenvalue weighted by molar-refractivity contribution is 7.13. The lowest BCUT2D eigenvalue weighted by molar-refractivity contribution is -0.131. The van der Waals surface area contributed by atoms with Gasteiger partial charge < -0.3 is 14.6 Å². The van der Waals surface area contributed by atoms with Crippen LogP contribution in [0.4, 0.5) is 0 Å². The van der Waals surface area contributed by atoms with E-state index in [0.29, 0.717) is 12.3 Å². The number of aromatic nitrogens is 1. The van der Waals surface area contributed by atoms with Crippen molar-refractivity contribution in [2.24, 2.45) is 0 Å². The van der Waals surface area contributed by atoms with E-state index in [4.69, 9.17) is 4.42 Å². The number of hydrogen-bond donors (Lipinski definition) is 1. The topological polar surface area (TPSA) is 58.4 Å². The summed E-state index contributed by atoms with van der Waals surface area (Å²) in [4.78, 5) is 19.6. The fourth-order valence-corrected chi connectivity index (χ4v) is 2.92. The summed E-state index contributed by atoms with van der Waals surface area (Å²) >= 11 is 1.59. The summed E-state index contributed by atoms with van der Waals surface area (Å²) in [6, 6.07) is 3.93. The molecule has 3 heterocycles. The number of carbonyl (C=O) groups excluding carboxylic acids is 1. The zero-order valence-corrected chi connectivity index (χ0v) is 13.4. The van der Waals surface area contributed by atoms with Crippen LogP contribution in [0.5, 0.6) is 0 Å². The number of carbonyl (C=O) groups is 1. The smallest absolute Gasteiger partial charge is 0.236 e. The quantitative estimate of drug-likeness (QED) is 0.938. The van der Waals surface area contributed by atoms with Crippen LogP contribution in [0.15, 0.2) is 21.9 Å². The summed E-state index contributed by atoms with van der Waals surface area (Å²) in [5.41, 5.74) is 0.747. The van der Waals surface area contributed by atoms with Crippen molar-refractivity contribution in [3.8, 4) is 10.8 Å². The van der Waals surface area contributed by atoms with E-state index in [9.17, 15) is 4.79 Å². The summed E-state index contributed by atoms with van der Waals surface area (Å²) < 4.78 is 5.66. The second-order valence-corrected chi connectivity index (χ2v) is 5.75. The second-order valence-electron chi connectivity index (χ2n) is 4.81. The Bertz CT molecular complexity index is 591. The SMILES string of the molecule is Cc1oc(-c2cccs2)nc1CC(=O)N1CCNCC1.Cl. The van der Waals surface area contributed by atoms with Gasteiger partial charge in [0.05, 0.1) is 17.0 Å². The summed E-state index contributed by atoms with van der Waals surface area (Å²) in [7, 11) is 0. The van der Waals surface area contributed by atoms with Crippen LogP contribution in [0.1, 0.15) is 11.5 Å². The number of rotatable bonds is 3. The standard InChI is InChI=1S/C14H17N3O2S.ClH/c1-10-11(9-13(18)17-6-4-15-5-7-17)16-14(19-10)12-3-2-8-20-12;/h2-3,8,15H,4-7,9H2,1H3;1H. The molecule has 1 aliphatic rings. The number of nitrogens with zero attached hydrogens (tertiary/aromatic N) is 2. The van der Waals surface area contributed by atoms with Gasteiger partial charge in [0.25, 0.3) is 0 Å². The predicted octanol–water partition coefficient (Wildman–Crippen LogP) is 2.11. The third-order valence-electron chi connectivity index (χ3n) is 3.41. The monoisotopic (exact) mass is 327 g/mol. The zero-order chi connectivity index (χ0) is 13.9. The minimum absolute atomic E-state index is 0. The average molecular weight is 328 g/mol. The van der Waals surface area contributed by atoms with Gasteiger partial charge in [-0.15, -0.1) is 23.7 Å². The number of oxazole rings is 1. The normalized spacial score (nSPS) is 14.8. The third-order valence-corrected chi connectivity index (χ3v) is 4.27. The van der Waals surface area contributed by atoms with Crippen LogP contribution in [0.2, 0.25) is 0 Å². The van der Waals surface area contributed by atoms with Crippen LogP contribution in [0.3, 0.4) is 0 Å². The van der Waals surface area contributed by atoms with Crippen LogP contribution in [-0.2, 0) is 11.2 Å². The van der Waals surface area contributed by atoms with Gasteiger partial charge in [-0.3, -0.25) is 4.79 Å². The molecule has 5 nitrogen and oxygen atoms in total. The van der Waals surface area contributed by atoms with Gasteiger partial charge in [-0.05, 0) is 18.4 Å². The van der Waals surface area contributed by atoms with Crippen molar-refractivity contribution in [2.75, 3.05) is 26.2 Å². The molecular weight excluding hydrogens is 310 g/mol. The molecule has 0 bridgehead atoms. The van der Waals surface area contributed by atoms with E-state index in [-0.39, 0.29) is 18.3 Å². The molecule has 0 radical (unpaired) electrons. The van der Waals surface area contributed by atoms with Crippen molar-refractivity contribution >= 4 is 29.7 Å². The van der Waals surface area contributed by atoms with E-state index in [1.54, 1.807) is 11.3 Å². The lowest BCUT2D eigenvalue weighted by Gasteiger charge is -2.27. The molecule has 1 saturated heterocycles. The number of amides is 1. The molecule has 1 amide bonds. The molecule has 3 rings (SSSR count). The highest BCUT2D eigenvalue weighted by atomic mass is 35.5. The molecule has 1 N–H and O–H groups in total. The second kappa shape index (κ2) is 7.06. The number of thiophene rings is 1. The maximum atomic E-state index is 12.2. The maximum Gasteiger partial charge on any atom is 0.236 e. The number of hydrogen-bond acceptors (Lipinski definition) is 5. The van der Waals surface area contributed by atoms with E-state index in [2.05, 4.69) is 10.3 Å². The van der Waals surface area contributed by atoms with Gasteiger partial charge in [-0.2, -0.15) is 0 Å². The lowest BCUT2D eigenvalue weighted by Crippen LogP contribution is -2.47. The summed E-state index contributed by atoms with van der Waals surface area (Å²) in [6.07, 6.45) is 0.320.